The summed E-state index contributed by atoms with van der Waals surface area (Å²) in [7, 11) is 0. The van der Waals surface area contributed by atoms with Crippen LogP contribution < -0.4 is 11.1 Å². The van der Waals surface area contributed by atoms with E-state index in [2.05, 4.69) is 10.3 Å². The van der Waals surface area contributed by atoms with E-state index in [1.165, 1.54) is 37.0 Å². The van der Waals surface area contributed by atoms with Crippen molar-refractivity contribution < 1.29 is 4.79 Å². The zero-order valence-electron chi connectivity index (χ0n) is 12.5. The fraction of sp³-hybridized carbons (Fsp3) is 0.444. The summed E-state index contributed by atoms with van der Waals surface area (Å²) in [5.41, 5.74) is 7.53. The van der Waals surface area contributed by atoms with Crippen LogP contribution in [0, 0.1) is 5.92 Å². The molecule has 0 spiro atoms. The number of anilines is 2. The molecule has 0 bridgehead atoms. The predicted molar refractivity (Wildman–Crippen MR) is 97.6 cm³/mol. The molecule has 0 saturated heterocycles. The van der Waals surface area contributed by atoms with Crippen molar-refractivity contribution >= 4 is 28.1 Å². The number of nitrogens with zero attached hydrogens (tertiary/aromatic N) is 1. The van der Waals surface area contributed by atoms with E-state index < -0.39 is 0 Å². The average molecular weight is 331 g/mol. The minimum Gasteiger partial charge on any atom is -0.399 e. The van der Waals surface area contributed by atoms with E-state index in [1.807, 2.05) is 29.6 Å². The van der Waals surface area contributed by atoms with Crippen molar-refractivity contribution in [1.82, 2.24) is 4.98 Å². The zero-order chi connectivity index (χ0) is 15.4. The SMILES string of the molecule is C.Nc1ccc(C(CC2CCCC2)C(=O)Nc2nccs2)cc1. The van der Waals surface area contributed by atoms with E-state index in [4.69, 9.17) is 5.73 Å². The van der Waals surface area contributed by atoms with Crippen LogP contribution in [0.1, 0.15) is 51.0 Å². The molecule has 4 nitrogen and oxygen atoms in total. The van der Waals surface area contributed by atoms with E-state index in [9.17, 15) is 4.79 Å². The highest BCUT2D eigenvalue weighted by Gasteiger charge is 2.27. The molecule has 1 aromatic carbocycles. The van der Waals surface area contributed by atoms with Crippen LogP contribution in [0.3, 0.4) is 0 Å². The Morgan fingerprint density at radius 1 is 1.30 bits per heavy atom. The molecule has 1 saturated carbocycles. The maximum atomic E-state index is 12.7. The normalized spacial score (nSPS) is 15.8. The van der Waals surface area contributed by atoms with Crippen LogP contribution in [0.5, 0.6) is 0 Å². The summed E-state index contributed by atoms with van der Waals surface area (Å²) in [5.74, 6) is 0.545. The fourth-order valence-corrected chi connectivity index (χ4v) is 3.71. The van der Waals surface area contributed by atoms with Gasteiger partial charge in [-0.3, -0.25) is 4.79 Å². The molecule has 1 fully saturated rings. The van der Waals surface area contributed by atoms with Crippen LogP contribution in [0.25, 0.3) is 0 Å². The number of carbonyl (C=O) groups is 1. The summed E-state index contributed by atoms with van der Waals surface area (Å²) in [6.45, 7) is 0. The molecule has 2 aromatic rings. The molecule has 3 N–H and O–H groups in total. The maximum Gasteiger partial charge on any atom is 0.233 e. The van der Waals surface area contributed by atoms with Crippen LogP contribution in [0.4, 0.5) is 10.8 Å². The Bertz CT molecular complexity index is 604. The van der Waals surface area contributed by atoms with E-state index in [0.29, 0.717) is 11.0 Å². The molecular formula is C18H25N3OS. The third-order valence-electron chi connectivity index (χ3n) is 4.36. The number of carbonyl (C=O) groups excluding carboxylic acids is 1. The van der Waals surface area contributed by atoms with Gasteiger partial charge < -0.3 is 11.1 Å². The highest BCUT2D eigenvalue weighted by molar-refractivity contribution is 7.13. The smallest absolute Gasteiger partial charge is 0.233 e. The first kappa shape index (κ1) is 17.5. The lowest BCUT2D eigenvalue weighted by atomic mass is 9.87. The van der Waals surface area contributed by atoms with Gasteiger partial charge in [0.2, 0.25) is 5.91 Å². The Hall–Kier alpha value is -1.88. The molecule has 1 unspecified atom stereocenters. The minimum absolute atomic E-state index is 0. The first-order chi connectivity index (χ1) is 10.7. The van der Waals surface area contributed by atoms with Crippen LogP contribution in [0.15, 0.2) is 35.8 Å². The van der Waals surface area contributed by atoms with Crippen molar-refractivity contribution in [3.05, 3.63) is 41.4 Å². The Labute approximate surface area is 142 Å². The molecule has 5 heteroatoms. The van der Waals surface area contributed by atoms with Gasteiger partial charge in [-0.1, -0.05) is 45.2 Å². The van der Waals surface area contributed by atoms with Crippen molar-refractivity contribution in [3.8, 4) is 0 Å². The van der Waals surface area contributed by atoms with Gasteiger partial charge in [-0.25, -0.2) is 4.98 Å². The highest BCUT2D eigenvalue weighted by Crippen LogP contribution is 2.35. The standard InChI is InChI=1S/C17H21N3OS.CH4/c18-14-7-5-13(6-8-14)15(11-12-3-1-2-4-12)16(21)20-17-19-9-10-22-17;/h5-10,12,15H,1-4,11,18H2,(H,19,20,21);1H4. The second kappa shape index (κ2) is 8.11. The molecule has 23 heavy (non-hydrogen) atoms. The van der Waals surface area contributed by atoms with E-state index >= 15 is 0 Å². The van der Waals surface area contributed by atoms with Gasteiger partial charge in [0.05, 0.1) is 5.92 Å². The Morgan fingerprint density at radius 3 is 2.61 bits per heavy atom. The first-order valence-electron chi connectivity index (χ1n) is 7.78. The van der Waals surface area contributed by atoms with Crippen molar-refractivity contribution in [2.75, 3.05) is 11.1 Å². The zero-order valence-corrected chi connectivity index (χ0v) is 13.3. The molecule has 1 atom stereocenters. The van der Waals surface area contributed by atoms with Crippen LogP contribution in [0.2, 0.25) is 0 Å². The largest absolute Gasteiger partial charge is 0.399 e. The van der Waals surface area contributed by atoms with E-state index in [0.717, 1.165) is 17.7 Å². The van der Waals surface area contributed by atoms with Crippen molar-refractivity contribution in [3.63, 3.8) is 0 Å². The Morgan fingerprint density at radius 2 is 2.00 bits per heavy atom. The number of nitrogens with one attached hydrogen (secondary N) is 1. The number of benzene rings is 1. The fourth-order valence-electron chi connectivity index (χ4n) is 3.18. The molecule has 1 aliphatic carbocycles. The average Bonchev–Trinajstić information content (AvgIpc) is 3.19. The highest BCUT2D eigenvalue weighted by atomic mass is 32.1. The summed E-state index contributed by atoms with van der Waals surface area (Å²) in [5, 5.41) is 5.48. The van der Waals surface area contributed by atoms with Gasteiger partial charge in [0, 0.05) is 17.3 Å². The second-order valence-electron chi connectivity index (χ2n) is 5.93. The van der Waals surface area contributed by atoms with Gasteiger partial charge in [0.1, 0.15) is 0 Å². The molecule has 3 rings (SSSR count). The summed E-state index contributed by atoms with van der Waals surface area (Å²) in [4.78, 5) is 16.9. The lowest BCUT2D eigenvalue weighted by Gasteiger charge is -2.20. The lowest BCUT2D eigenvalue weighted by molar-refractivity contribution is -0.118. The molecular weight excluding hydrogens is 306 g/mol. The number of hydrogen-bond donors (Lipinski definition) is 2. The van der Waals surface area contributed by atoms with E-state index in [1.54, 1.807) is 6.20 Å². The molecule has 124 valence electrons. The molecule has 1 amide bonds. The molecule has 0 aliphatic heterocycles. The molecule has 1 aromatic heterocycles. The number of rotatable bonds is 5. The molecule has 1 heterocycles. The lowest BCUT2D eigenvalue weighted by Crippen LogP contribution is -2.23. The number of amides is 1. The second-order valence-corrected chi connectivity index (χ2v) is 6.83. The third-order valence-corrected chi connectivity index (χ3v) is 5.05. The maximum absolute atomic E-state index is 12.7. The minimum atomic E-state index is -0.132. The van der Waals surface area contributed by atoms with E-state index in [-0.39, 0.29) is 19.3 Å². The van der Waals surface area contributed by atoms with Gasteiger partial charge in [-0.15, -0.1) is 11.3 Å². The summed E-state index contributed by atoms with van der Waals surface area (Å²) in [6.07, 6.45) is 7.64. The van der Waals surface area contributed by atoms with Crippen LogP contribution in [-0.2, 0) is 4.79 Å². The monoisotopic (exact) mass is 331 g/mol. The summed E-state index contributed by atoms with van der Waals surface area (Å²) in [6, 6.07) is 7.67. The van der Waals surface area contributed by atoms with Crippen LogP contribution >= 0.6 is 11.3 Å². The van der Waals surface area contributed by atoms with Gasteiger partial charge >= 0.3 is 0 Å². The first-order valence-corrected chi connectivity index (χ1v) is 8.66. The number of nitrogen functional groups attached to an aromatic ring is 1. The number of aromatic nitrogens is 1. The van der Waals surface area contributed by atoms with Gasteiger partial charge in [0.25, 0.3) is 0 Å². The Kier molecular flexibility index (Phi) is 6.16. The number of thiazole rings is 1. The van der Waals surface area contributed by atoms with Gasteiger partial charge in [0.15, 0.2) is 5.13 Å². The predicted octanol–water partition coefficient (Wildman–Crippen LogP) is 4.66. The summed E-state index contributed by atoms with van der Waals surface area (Å²) >= 11 is 1.45. The molecule has 1 aliphatic rings. The van der Waals surface area contributed by atoms with Crippen molar-refractivity contribution in [1.29, 1.82) is 0 Å². The third kappa shape index (κ3) is 4.55. The van der Waals surface area contributed by atoms with Gasteiger partial charge in [-0.05, 0) is 30.0 Å². The quantitative estimate of drug-likeness (QED) is 0.783. The number of nitrogens with two attached hydrogens (primary N) is 1. The number of hydrogen-bond acceptors (Lipinski definition) is 4. The summed E-state index contributed by atoms with van der Waals surface area (Å²) < 4.78 is 0. The Balaban J connectivity index is 0.00000192. The van der Waals surface area contributed by atoms with Crippen molar-refractivity contribution in [2.24, 2.45) is 5.92 Å². The topological polar surface area (TPSA) is 68.0 Å². The molecule has 0 radical (unpaired) electrons. The van der Waals surface area contributed by atoms with Crippen molar-refractivity contribution in [2.45, 2.75) is 45.4 Å². The van der Waals surface area contributed by atoms with Gasteiger partial charge in [-0.2, -0.15) is 0 Å². The van der Waals surface area contributed by atoms with Crippen LogP contribution in [-0.4, -0.2) is 10.9 Å².